The Kier molecular flexibility index (Phi) is 5.86. The topological polar surface area (TPSA) is 87.6 Å². The molecule has 1 amide bonds. The highest BCUT2D eigenvalue weighted by atomic mass is 32.2. The third kappa shape index (κ3) is 5.05. The van der Waals surface area contributed by atoms with Gasteiger partial charge in [0.05, 0.1) is 11.1 Å². The van der Waals surface area contributed by atoms with Gasteiger partial charge in [0.25, 0.3) is 15.9 Å². The fourth-order valence-corrected chi connectivity index (χ4v) is 3.45. The molecule has 3 aromatic carbocycles. The lowest BCUT2D eigenvalue weighted by atomic mass is 10.2. The van der Waals surface area contributed by atoms with Crippen molar-refractivity contribution in [2.75, 3.05) is 4.72 Å². The molecule has 0 aliphatic carbocycles. The highest BCUT2D eigenvalue weighted by Crippen LogP contribution is 2.17. The van der Waals surface area contributed by atoms with E-state index in [1.54, 1.807) is 30.5 Å². The number of hydrazone groups is 1. The highest BCUT2D eigenvalue weighted by Gasteiger charge is 2.14. The Bertz CT molecular complexity index is 1080. The molecular formula is C21H19N3O3S. The van der Waals surface area contributed by atoms with Gasteiger partial charge in [-0.2, -0.15) is 5.10 Å². The van der Waals surface area contributed by atoms with E-state index in [1.165, 1.54) is 24.3 Å². The summed E-state index contributed by atoms with van der Waals surface area (Å²) in [5.41, 5.74) is 5.01. The minimum atomic E-state index is -3.68. The standard InChI is InChI=1S/C21H19N3O3S/c1-16-7-13-20(14-8-16)28(26,27)24-19-11-9-18(10-12-19)21(25)23-22-15-17-5-3-2-4-6-17/h2-15,24H,1H3,(H,23,25). The number of nitrogens with zero attached hydrogens (tertiary/aromatic N) is 1. The van der Waals surface area contributed by atoms with Gasteiger partial charge in [-0.05, 0) is 48.9 Å². The summed E-state index contributed by atoms with van der Waals surface area (Å²) in [7, 11) is -3.68. The summed E-state index contributed by atoms with van der Waals surface area (Å²) in [6, 6.07) is 22.0. The van der Waals surface area contributed by atoms with E-state index < -0.39 is 10.0 Å². The first-order valence-electron chi connectivity index (χ1n) is 8.52. The molecule has 3 rings (SSSR count). The Morgan fingerprint density at radius 3 is 2.18 bits per heavy atom. The smallest absolute Gasteiger partial charge is 0.271 e. The maximum Gasteiger partial charge on any atom is 0.271 e. The minimum Gasteiger partial charge on any atom is -0.280 e. The molecule has 3 aromatic rings. The summed E-state index contributed by atoms with van der Waals surface area (Å²) in [5, 5.41) is 3.91. The van der Waals surface area contributed by atoms with Crippen LogP contribution in [0.3, 0.4) is 0 Å². The molecule has 0 saturated heterocycles. The SMILES string of the molecule is Cc1ccc(S(=O)(=O)Nc2ccc(C(=O)NN=Cc3ccccc3)cc2)cc1. The van der Waals surface area contributed by atoms with Crippen molar-refractivity contribution in [1.82, 2.24) is 5.43 Å². The number of aryl methyl sites for hydroxylation is 1. The number of amides is 1. The summed E-state index contributed by atoms with van der Waals surface area (Å²) in [6.07, 6.45) is 1.54. The largest absolute Gasteiger partial charge is 0.280 e. The molecule has 0 fully saturated rings. The van der Waals surface area contributed by atoms with E-state index in [0.717, 1.165) is 11.1 Å². The van der Waals surface area contributed by atoms with Crippen LogP contribution in [0, 0.1) is 6.92 Å². The molecule has 0 bridgehead atoms. The van der Waals surface area contributed by atoms with Crippen molar-refractivity contribution in [2.24, 2.45) is 5.10 Å². The zero-order valence-corrected chi connectivity index (χ0v) is 16.0. The second-order valence-electron chi connectivity index (χ2n) is 6.11. The van der Waals surface area contributed by atoms with Crippen LogP contribution in [0.4, 0.5) is 5.69 Å². The molecule has 0 heterocycles. The van der Waals surface area contributed by atoms with E-state index in [1.807, 2.05) is 37.3 Å². The molecule has 2 N–H and O–H groups in total. The van der Waals surface area contributed by atoms with Crippen LogP contribution < -0.4 is 10.1 Å². The van der Waals surface area contributed by atoms with Gasteiger partial charge in [-0.1, -0.05) is 48.0 Å². The third-order valence-electron chi connectivity index (χ3n) is 3.91. The Labute approximate surface area is 164 Å². The first kappa shape index (κ1) is 19.3. The van der Waals surface area contributed by atoms with Crippen LogP contribution in [0.2, 0.25) is 0 Å². The summed E-state index contributed by atoms with van der Waals surface area (Å²) < 4.78 is 27.3. The van der Waals surface area contributed by atoms with Crippen LogP contribution in [0.1, 0.15) is 21.5 Å². The number of carbonyl (C=O) groups is 1. The molecule has 6 nitrogen and oxygen atoms in total. The van der Waals surface area contributed by atoms with Gasteiger partial charge in [-0.3, -0.25) is 9.52 Å². The van der Waals surface area contributed by atoms with E-state index in [2.05, 4.69) is 15.2 Å². The van der Waals surface area contributed by atoms with Crippen LogP contribution >= 0.6 is 0 Å². The van der Waals surface area contributed by atoms with Crippen LogP contribution in [-0.4, -0.2) is 20.5 Å². The van der Waals surface area contributed by atoms with Crippen molar-refractivity contribution in [3.63, 3.8) is 0 Å². The van der Waals surface area contributed by atoms with Crippen molar-refractivity contribution in [2.45, 2.75) is 11.8 Å². The molecule has 0 aromatic heterocycles. The van der Waals surface area contributed by atoms with E-state index in [0.29, 0.717) is 11.3 Å². The Hall–Kier alpha value is -3.45. The van der Waals surface area contributed by atoms with Gasteiger partial charge in [0, 0.05) is 11.3 Å². The van der Waals surface area contributed by atoms with Gasteiger partial charge < -0.3 is 0 Å². The van der Waals surface area contributed by atoms with E-state index in [-0.39, 0.29) is 10.8 Å². The van der Waals surface area contributed by atoms with Crippen molar-refractivity contribution < 1.29 is 13.2 Å². The molecule has 7 heteroatoms. The summed E-state index contributed by atoms with van der Waals surface area (Å²) in [4.78, 5) is 12.3. The zero-order chi connectivity index (χ0) is 20.0. The van der Waals surface area contributed by atoms with Crippen LogP contribution in [0.25, 0.3) is 0 Å². The molecule has 0 aliphatic rings. The first-order chi connectivity index (χ1) is 13.4. The molecule has 0 saturated carbocycles. The third-order valence-corrected chi connectivity index (χ3v) is 5.31. The number of hydrogen-bond donors (Lipinski definition) is 2. The summed E-state index contributed by atoms with van der Waals surface area (Å²) >= 11 is 0. The molecule has 28 heavy (non-hydrogen) atoms. The molecule has 0 spiro atoms. The predicted molar refractivity (Wildman–Crippen MR) is 110 cm³/mol. The molecular weight excluding hydrogens is 374 g/mol. The van der Waals surface area contributed by atoms with E-state index in [9.17, 15) is 13.2 Å². The number of rotatable bonds is 6. The van der Waals surface area contributed by atoms with Crippen molar-refractivity contribution in [3.8, 4) is 0 Å². The van der Waals surface area contributed by atoms with Gasteiger partial charge in [-0.15, -0.1) is 0 Å². The van der Waals surface area contributed by atoms with Gasteiger partial charge >= 0.3 is 0 Å². The Morgan fingerprint density at radius 1 is 0.893 bits per heavy atom. The van der Waals surface area contributed by atoms with Crippen LogP contribution in [-0.2, 0) is 10.0 Å². The predicted octanol–water partition coefficient (Wildman–Crippen LogP) is 3.56. The number of anilines is 1. The summed E-state index contributed by atoms with van der Waals surface area (Å²) in [6.45, 7) is 1.89. The Balaban J connectivity index is 1.63. The number of carbonyl (C=O) groups excluding carboxylic acids is 1. The number of nitrogens with one attached hydrogen (secondary N) is 2. The maximum atomic E-state index is 12.4. The number of sulfonamides is 1. The second-order valence-corrected chi connectivity index (χ2v) is 7.79. The first-order valence-corrected chi connectivity index (χ1v) is 10.0. The van der Waals surface area contributed by atoms with Crippen LogP contribution in [0.5, 0.6) is 0 Å². The molecule has 142 valence electrons. The normalized spacial score (nSPS) is 11.3. The van der Waals surface area contributed by atoms with Gasteiger partial charge in [0.1, 0.15) is 0 Å². The van der Waals surface area contributed by atoms with Crippen molar-refractivity contribution >= 4 is 27.8 Å². The maximum absolute atomic E-state index is 12.4. The number of benzene rings is 3. The fraction of sp³-hybridized carbons (Fsp3) is 0.0476. The molecule has 0 unspecified atom stereocenters. The second kappa shape index (κ2) is 8.49. The number of hydrogen-bond acceptors (Lipinski definition) is 4. The fourth-order valence-electron chi connectivity index (χ4n) is 2.39. The average Bonchev–Trinajstić information content (AvgIpc) is 2.69. The monoisotopic (exact) mass is 393 g/mol. The minimum absolute atomic E-state index is 0.176. The lowest BCUT2D eigenvalue weighted by molar-refractivity contribution is 0.0955. The molecule has 0 radical (unpaired) electrons. The van der Waals surface area contributed by atoms with Crippen molar-refractivity contribution in [1.29, 1.82) is 0 Å². The Morgan fingerprint density at radius 2 is 1.54 bits per heavy atom. The lowest BCUT2D eigenvalue weighted by Gasteiger charge is -2.09. The van der Waals surface area contributed by atoms with E-state index in [4.69, 9.17) is 0 Å². The van der Waals surface area contributed by atoms with Crippen molar-refractivity contribution in [3.05, 3.63) is 95.6 Å². The molecule has 0 aliphatic heterocycles. The lowest BCUT2D eigenvalue weighted by Crippen LogP contribution is -2.18. The quantitative estimate of drug-likeness (QED) is 0.496. The van der Waals surface area contributed by atoms with E-state index >= 15 is 0 Å². The van der Waals surface area contributed by atoms with Crippen LogP contribution in [0.15, 0.2) is 88.9 Å². The average molecular weight is 393 g/mol. The molecule has 0 atom stereocenters. The highest BCUT2D eigenvalue weighted by molar-refractivity contribution is 7.92. The van der Waals surface area contributed by atoms with Gasteiger partial charge in [0.2, 0.25) is 0 Å². The zero-order valence-electron chi connectivity index (χ0n) is 15.2. The summed E-state index contributed by atoms with van der Waals surface area (Å²) in [5.74, 6) is -0.389. The van der Waals surface area contributed by atoms with Gasteiger partial charge in [0.15, 0.2) is 0 Å². The van der Waals surface area contributed by atoms with Gasteiger partial charge in [-0.25, -0.2) is 13.8 Å².